The Labute approximate surface area is 287 Å². The highest BCUT2D eigenvalue weighted by atomic mass is 79.9. The molecule has 0 radical (unpaired) electrons. The first kappa shape index (κ1) is 32.3. The van der Waals surface area contributed by atoms with Gasteiger partial charge in [-0.2, -0.15) is 0 Å². The number of hydrogen-bond acceptors (Lipinski definition) is 8. The summed E-state index contributed by atoms with van der Waals surface area (Å²) in [5.41, 5.74) is 3.57. The minimum atomic E-state index is -0.591. The maximum atomic E-state index is 14.3. The van der Waals surface area contributed by atoms with E-state index in [4.69, 9.17) is 9.47 Å². The smallest absolute Gasteiger partial charge is 0.233 e. The summed E-state index contributed by atoms with van der Waals surface area (Å²) in [6.45, 7) is 2.43. The molecule has 9 nitrogen and oxygen atoms in total. The van der Waals surface area contributed by atoms with Crippen LogP contribution in [0.5, 0.6) is 17.2 Å². The Morgan fingerprint density at radius 3 is 2.31 bits per heavy atom. The molecule has 2 aromatic rings. The number of phenols is 1. The van der Waals surface area contributed by atoms with Crippen LogP contribution in [-0.4, -0.2) is 71.6 Å². The number of ether oxygens (including phenoxy) is 2. The standard InChI is InChI=1S/C38H37BrN2O7/c1-47-31-16-22(17-32(48-2)36(31)44)8-9-25-24-10-11-26-34(27(24)18-28-33(25)30(42)19-29(39)35(28)43)38(46)41(37(26)45)23-12-14-40(15-13-23)20-21-6-4-3-5-7-21/h3-10,16-17,19,23,25-27,34,44H,11-15,18,20H2,1-2H3/t25-,26-,27+,34-/m0/s1. The van der Waals surface area contributed by atoms with Gasteiger partial charge in [0.05, 0.1) is 30.5 Å². The molecule has 1 N–H and O–H groups in total. The maximum absolute atomic E-state index is 14.3. The summed E-state index contributed by atoms with van der Waals surface area (Å²) in [7, 11) is 2.89. The van der Waals surface area contributed by atoms with Crippen LogP contribution in [0.25, 0.3) is 6.08 Å². The number of nitrogens with zero attached hydrogens (tertiary/aromatic N) is 2. The molecule has 2 fully saturated rings. The molecule has 2 aliphatic heterocycles. The van der Waals surface area contributed by atoms with Gasteiger partial charge in [0, 0.05) is 48.8 Å². The van der Waals surface area contributed by atoms with Crippen LogP contribution in [0.2, 0.25) is 0 Å². The predicted octanol–water partition coefficient (Wildman–Crippen LogP) is 5.38. The Balaban J connectivity index is 1.18. The summed E-state index contributed by atoms with van der Waals surface area (Å²) in [5, 5.41) is 10.4. The highest BCUT2D eigenvalue weighted by Crippen LogP contribution is 2.53. The van der Waals surface area contributed by atoms with E-state index in [2.05, 4.69) is 33.0 Å². The molecule has 3 aliphatic carbocycles. The summed E-state index contributed by atoms with van der Waals surface area (Å²) < 4.78 is 10.8. The zero-order valence-electron chi connectivity index (χ0n) is 26.9. The molecule has 0 spiro atoms. The predicted molar refractivity (Wildman–Crippen MR) is 182 cm³/mol. The van der Waals surface area contributed by atoms with Crippen LogP contribution in [0, 0.1) is 23.7 Å². The average Bonchev–Trinajstić information content (AvgIpc) is 3.36. The Morgan fingerprint density at radius 2 is 1.65 bits per heavy atom. The van der Waals surface area contributed by atoms with Crippen molar-refractivity contribution in [2.45, 2.75) is 38.3 Å². The number of halogens is 1. The molecule has 48 heavy (non-hydrogen) atoms. The van der Waals surface area contributed by atoms with Gasteiger partial charge >= 0.3 is 0 Å². The Hall–Kier alpha value is -4.28. The van der Waals surface area contributed by atoms with Crippen LogP contribution < -0.4 is 9.47 Å². The Kier molecular flexibility index (Phi) is 8.72. The second kappa shape index (κ2) is 13.0. The zero-order chi connectivity index (χ0) is 33.7. The number of benzene rings is 2. The first-order valence-corrected chi connectivity index (χ1v) is 17.1. The van der Waals surface area contributed by atoms with Crippen LogP contribution in [-0.2, 0) is 25.7 Å². The van der Waals surface area contributed by atoms with Gasteiger partial charge in [0.25, 0.3) is 0 Å². The van der Waals surface area contributed by atoms with Crippen molar-refractivity contribution in [2.75, 3.05) is 27.3 Å². The van der Waals surface area contributed by atoms with Crippen molar-refractivity contribution in [2.24, 2.45) is 23.7 Å². The number of imide groups is 1. The SMILES string of the molecule is COc1cc(C=C[C@H]2C3=CC[C@@H]4C(=O)N(C5CCN(Cc6ccccc6)CC5)C(=O)[C@@H]4[C@@H]3CC3=C2C(=O)C=C(Br)C3=O)cc(OC)c1O. The second-order valence-corrected chi connectivity index (χ2v) is 14.0. The van der Waals surface area contributed by atoms with E-state index < -0.39 is 23.7 Å². The van der Waals surface area contributed by atoms with Crippen molar-refractivity contribution in [3.8, 4) is 17.2 Å². The topological polar surface area (TPSA) is 113 Å². The third-order valence-electron chi connectivity index (χ3n) is 10.6. The highest BCUT2D eigenvalue weighted by Gasteiger charge is 2.57. The molecular formula is C38H37BrN2O7. The summed E-state index contributed by atoms with van der Waals surface area (Å²) >= 11 is 3.28. The largest absolute Gasteiger partial charge is 0.502 e. The van der Waals surface area contributed by atoms with E-state index in [0.29, 0.717) is 23.1 Å². The van der Waals surface area contributed by atoms with Gasteiger partial charge in [-0.05, 0) is 70.8 Å². The molecule has 2 saturated heterocycles. The van der Waals surface area contributed by atoms with Crippen molar-refractivity contribution >= 4 is 45.4 Å². The number of piperidine rings is 1. The number of ketones is 2. The normalized spacial score (nSPS) is 26.4. The van der Waals surface area contributed by atoms with Crippen LogP contribution >= 0.6 is 15.9 Å². The third kappa shape index (κ3) is 5.54. The molecule has 2 amide bonds. The van der Waals surface area contributed by atoms with Crippen LogP contribution in [0.4, 0.5) is 0 Å². The fourth-order valence-electron chi connectivity index (χ4n) is 8.26. The van der Waals surface area contributed by atoms with Crippen molar-refractivity contribution in [1.82, 2.24) is 9.80 Å². The number of amides is 2. The number of methoxy groups -OCH3 is 2. The van der Waals surface area contributed by atoms with Gasteiger partial charge in [-0.3, -0.25) is 29.0 Å². The van der Waals surface area contributed by atoms with E-state index in [-0.39, 0.29) is 57.6 Å². The van der Waals surface area contributed by atoms with Crippen LogP contribution in [0.15, 0.2) is 81.9 Å². The lowest BCUT2D eigenvalue weighted by molar-refractivity contribution is -0.144. The van der Waals surface area contributed by atoms with Crippen molar-refractivity contribution in [3.05, 3.63) is 93.0 Å². The van der Waals surface area contributed by atoms with Gasteiger partial charge in [0.2, 0.25) is 17.6 Å². The molecule has 0 unspecified atom stereocenters. The van der Waals surface area contributed by atoms with Gasteiger partial charge in [-0.15, -0.1) is 0 Å². The van der Waals surface area contributed by atoms with Crippen molar-refractivity contribution in [1.29, 1.82) is 0 Å². The fourth-order valence-corrected chi connectivity index (χ4v) is 8.71. The minimum absolute atomic E-state index is 0.121. The molecule has 4 atom stereocenters. The molecule has 10 heteroatoms. The lowest BCUT2D eigenvalue weighted by Crippen LogP contribution is -2.47. The average molecular weight is 714 g/mol. The molecule has 2 heterocycles. The molecule has 0 bridgehead atoms. The summed E-state index contributed by atoms with van der Waals surface area (Å²) in [6, 6.07) is 13.4. The maximum Gasteiger partial charge on any atom is 0.233 e. The Bertz CT molecular complexity index is 1790. The van der Waals surface area contributed by atoms with E-state index in [0.717, 1.165) is 38.0 Å². The first-order chi connectivity index (χ1) is 23.2. The van der Waals surface area contributed by atoms with E-state index in [1.54, 1.807) is 23.1 Å². The number of hydrogen-bond donors (Lipinski definition) is 1. The lowest BCUT2D eigenvalue weighted by Gasteiger charge is -2.41. The number of likely N-dealkylation sites (tertiary alicyclic amines) is 2. The summed E-state index contributed by atoms with van der Waals surface area (Å²) in [6.07, 6.45) is 9.07. The van der Waals surface area contributed by atoms with Gasteiger partial charge in [0.1, 0.15) is 0 Å². The molecule has 5 aliphatic rings. The van der Waals surface area contributed by atoms with Gasteiger partial charge < -0.3 is 14.6 Å². The number of carbonyl (C=O) groups excluding carboxylic acids is 4. The number of rotatable bonds is 7. The number of allylic oxidation sites excluding steroid dienone is 7. The zero-order valence-corrected chi connectivity index (χ0v) is 28.4. The third-order valence-corrected chi connectivity index (χ3v) is 11.2. The van der Waals surface area contributed by atoms with Crippen LogP contribution in [0.3, 0.4) is 0 Å². The molecule has 7 rings (SSSR count). The van der Waals surface area contributed by atoms with E-state index in [1.807, 2.05) is 30.4 Å². The van der Waals surface area contributed by atoms with Crippen molar-refractivity contribution in [3.63, 3.8) is 0 Å². The highest BCUT2D eigenvalue weighted by molar-refractivity contribution is 9.12. The molecular weight excluding hydrogens is 676 g/mol. The molecule has 0 aromatic heterocycles. The minimum Gasteiger partial charge on any atom is -0.502 e. The van der Waals surface area contributed by atoms with Gasteiger partial charge in [-0.1, -0.05) is 54.1 Å². The lowest BCUT2D eigenvalue weighted by atomic mass is 9.61. The van der Waals surface area contributed by atoms with E-state index >= 15 is 0 Å². The van der Waals surface area contributed by atoms with Gasteiger partial charge in [-0.25, -0.2) is 0 Å². The number of Topliss-reactive ketones (excluding diaryl/α,β-unsaturated/α-hetero) is 1. The summed E-state index contributed by atoms with van der Waals surface area (Å²) in [4.78, 5) is 59.2. The first-order valence-electron chi connectivity index (χ1n) is 16.4. The van der Waals surface area contributed by atoms with E-state index in [9.17, 15) is 24.3 Å². The quantitative estimate of drug-likeness (QED) is 0.231. The number of fused-ring (bicyclic) bond motifs is 3. The molecule has 2 aromatic carbocycles. The summed E-state index contributed by atoms with van der Waals surface area (Å²) in [5.74, 6) is -2.52. The Morgan fingerprint density at radius 1 is 0.958 bits per heavy atom. The number of carbonyl (C=O) groups is 4. The molecule has 248 valence electrons. The number of aromatic hydroxyl groups is 1. The monoisotopic (exact) mass is 712 g/mol. The second-order valence-electron chi connectivity index (χ2n) is 13.1. The number of phenolic OH excluding ortho intramolecular Hbond substituents is 1. The fraction of sp³-hybridized carbons (Fsp3) is 0.368. The van der Waals surface area contributed by atoms with Crippen LogP contribution in [0.1, 0.15) is 36.8 Å². The van der Waals surface area contributed by atoms with Gasteiger partial charge in [0.15, 0.2) is 23.1 Å². The van der Waals surface area contributed by atoms with E-state index in [1.165, 1.54) is 25.9 Å². The van der Waals surface area contributed by atoms with Crippen molar-refractivity contribution < 1.29 is 33.8 Å². The molecule has 0 saturated carbocycles.